The molecule has 0 radical (unpaired) electrons. The molecule has 1 rings (SSSR count). The van der Waals surface area contributed by atoms with E-state index in [0.29, 0.717) is 0 Å². The first-order valence-electron chi connectivity index (χ1n) is 4.87. The van der Waals surface area contributed by atoms with Crippen LogP contribution in [0.25, 0.3) is 0 Å². The standard InChI is InChI=1S/C11H10F2N2O2/c1-3-17-11(16)7-5-15-8(4-14)6(2)9(7)10(12)13/h5,10H,3H2,1-2H3. The van der Waals surface area contributed by atoms with E-state index in [4.69, 9.17) is 5.26 Å². The Labute approximate surface area is 96.8 Å². The Morgan fingerprint density at radius 2 is 2.29 bits per heavy atom. The molecule has 1 aromatic rings. The lowest BCUT2D eigenvalue weighted by Crippen LogP contribution is -2.12. The lowest BCUT2D eigenvalue weighted by atomic mass is 10.0. The van der Waals surface area contributed by atoms with Crippen LogP contribution in [0.15, 0.2) is 6.20 Å². The van der Waals surface area contributed by atoms with Crippen molar-refractivity contribution in [3.8, 4) is 6.07 Å². The van der Waals surface area contributed by atoms with Gasteiger partial charge in [-0.2, -0.15) is 5.26 Å². The van der Waals surface area contributed by atoms with Crippen molar-refractivity contribution >= 4 is 5.97 Å². The summed E-state index contributed by atoms with van der Waals surface area (Å²) >= 11 is 0. The quantitative estimate of drug-likeness (QED) is 0.761. The fraction of sp³-hybridized carbons (Fsp3) is 0.364. The minimum Gasteiger partial charge on any atom is -0.462 e. The zero-order valence-corrected chi connectivity index (χ0v) is 9.33. The second-order valence-corrected chi connectivity index (χ2v) is 3.19. The van der Waals surface area contributed by atoms with E-state index in [1.165, 1.54) is 6.92 Å². The highest BCUT2D eigenvalue weighted by Crippen LogP contribution is 2.27. The molecule has 6 heteroatoms. The first-order valence-corrected chi connectivity index (χ1v) is 4.87. The Morgan fingerprint density at radius 1 is 1.65 bits per heavy atom. The molecule has 0 spiro atoms. The molecule has 0 saturated heterocycles. The summed E-state index contributed by atoms with van der Waals surface area (Å²) < 4.78 is 30.4. The van der Waals surface area contributed by atoms with Crippen molar-refractivity contribution in [3.05, 3.63) is 28.6 Å². The van der Waals surface area contributed by atoms with E-state index in [-0.39, 0.29) is 23.4 Å². The molecule has 0 amide bonds. The number of nitrogens with zero attached hydrogens (tertiary/aromatic N) is 2. The third-order valence-electron chi connectivity index (χ3n) is 2.19. The minimum absolute atomic E-state index is 0.00746. The SMILES string of the molecule is CCOC(=O)c1cnc(C#N)c(C)c1C(F)F. The Hall–Kier alpha value is -2.03. The molecule has 0 N–H and O–H groups in total. The molecule has 1 heterocycles. The molecule has 0 aromatic carbocycles. The van der Waals surface area contributed by atoms with Gasteiger partial charge in [-0.05, 0) is 19.4 Å². The molecule has 0 atom stereocenters. The van der Waals surface area contributed by atoms with E-state index in [9.17, 15) is 13.6 Å². The topological polar surface area (TPSA) is 63.0 Å². The molecule has 0 bridgehead atoms. The third kappa shape index (κ3) is 2.56. The molecule has 0 aliphatic heterocycles. The molecular weight excluding hydrogens is 230 g/mol. The van der Waals surface area contributed by atoms with Gasteiger partial charge in [0.15, 0.2) is 0 Å². The van der Waals surface area contributed by atoms with Gasteiger partial charge in [-0.25, -0.2) is 18.6 Å². The van der Waals surface area contributed by atoms with Crippen LogP contribution in [0.1, 0.15) is 40.5 Å². The van der Waals surface area contributed by atoms with Crippen molar-refractivity contribution in [2.45, 2.75) is 20.3 Å². The maximum absolute atomic E-state index is 12.9. The summed E-state index contributed by atoms with van der Waals surface area (Å²) in [6, 6.07) is 1.69. The summed E-state index contributed by atoms with van der Waals surface area (Å²) in [5.74, 6) is -0.858. The van der Waals surface area contributed by atoms with Gasteiger partial charge in [0.05, 0.1) is 12.2 Å². The number of halogens is 2. The number of pyridine rings is 1. The maximum Gasteiger partial charge on any atom is 0.340 e. The summed E-state index contributed by atoms with van der Waals surface area (Å²) in [6.45, 7) is 2.99. The van der Waals surface area contributed by atoms with Gasteiger partial charge in [0.25, 0.3) is 6.43 Å². The lowest BCUT2D eigenvalue weighted by molar-refractivity contribution is 0.0514. The number of rotatable bonds is 3. The highest BCUT2D eigenvalue weighted by molar-refractivity contribution is 5.91. The Balaban J connectivity index is 3.37. The lowest BCUT2D eigenvalue weighted by Gasteiger charge is -2.11. The summed E-state index contributed by atoms with van der Waals surface area (Å²) in [4.78, 5) is 15.1. The van der Waals surface area contributed by atoms with Crippen LogP contribution in [0.3, 0.4) is 0 Å². The number of carbonyl (C=O) groups excluding carboxylic acids is 1. The molecule has 0 aliphatic rings. The number of hydrogen-bond donors (Lipinski definition) is 0. The van der Waals surface area contributed by atoms with E-state index < -0.39 is 18.0 Å². The first kappa shape index (κ1) is 13.0. The van der Waals surface area contributed by atoms with Crippen molar-refractivity contribution < 1.29 is 18.3 Å². The monoisotopic (exact) mass is 240 g/mol. The Kier molecular flexibility index (Phi) is 4.10. The number of hydrogen-bond acceptors (Lipinski definition) is 4. The van der Waals surface area contributed by atoms with E-state index in [1.54, 1.807) is 13.0 Å². The van der Waals surface area contributed by atoms with E-state index in [0.717, 1.165) is 6.20 Å². The zero-order valence-electron chi connectivity index (χ0n) is 9.33. The van der Waals surface area contributed by atoms with Crippen molar-refractivity contribution in [2.75, 3.05) is 6.61 Å². The molecule has 90 valence electrons. The van der Waals surface area contributed by atoms with Gasteiger partial charge in [-0.1, -0.05) is 0 Å². The minimum atomic E-state index is -2.86. The fourth-order valence-corrected chi connectivity index (χ4v) is 1.39. The Morgan fingerprint density at radius 3 is 2.76 bits per heavy atom. The molecule has 0 aliphatic carbocycles. The normalized spacial score (nSPS) is 10.1. The van der Waals surface area contributed by atoms with Gasteiger partial charge < -0.3 is 4.74 Å². The van der Waals surface area contributed by atoms with Crippen LogP contribution >= 0.6 is 0 Å². The van der Waals surface area contributed by atoms with E-state index in [2.05, 4.69) is 9.72 Å². The molecule has 4 nitrogen and oxygen atoms in total. The fourth-order valence-electron chi connectivity index (χ4n) is 1.39. The maximum atomic E-state index is 12.9. The van der Waals surface area contributed by atoms with Gasteiger partial charge in [0.1, 0.15) is 11.8 Å². The second-order valence-electron chi connectivity index (χ2n) is 3.19. The number of alkyl halides is 2. The molecule has 0 saturated carbocycles. The molecule has 1 aromatic heterocycles. The summed E-state index contributed by atoms with van der Waals surface area (Å²) in [7, 11) is 0. The molecule has 0 fully saturated rings. The summed E-state index contributed by atoms with van der Waals surface area (Å²) in [5, 5.41) is 8.68. The van der Waals surface area contributed by atoms with Gasteiger partial charge in [-0.3, -0.25) is 0 Å². The van der Waals surface area contributed by atoms with Gasteiger partial charge in [-0.15, -0.1) is 0 Å². The van der Waals surface area contributed by atoms with Gasteiger partial charge in [0, 0.05) is 11.8 Å². The summed E-state index contributed by atoms with van der Waals surface area (Å²) in [6.07, 6.45) is -1.91. The van der Waals surface area contributed by atoms with Crippen LogP contribution in [0, 0.1) is 18.3 Å². The van der Waals surface area contributed by atoms with E-state index in [1.807, 2.05) is 0 Å². The first-order chi connectivity index (χ1) is 8.02. The van der Waals surface area contributed by atoms with Gasteiger partial charge >= 0.3 is 5.97 Å². The summed E-state index contributed by atoms with van der Waals surface area (Å²) in [5.41, 5.74) is -0.894. The van der Waals surface area contributed by atoms with Crippen LogP contribution in [-0.2, 0) is 4.74 Å². The molecular formula is C11H10F2N2O2. The van der Waals surface area contributed by atoms with Gasteiger partial charge in [0.2, 0.25) is 0 Å². The number of carbonyl (C=O) groups is 1. The van der Waals surface area contributed by atoms with E-state index >= 15 is 0 Å². The highest BCUT2D eigenvalue weighted by atomic mass is 19.3. The average molecular weight is 240 g/mol. The van der Waals surface area contributed by atoms with Crippen molar-refractivity contribution in [1.82, 2.24) is 4.98 Å². The van der Waals surface area contributed by atoms with Crippen LogP contribution in [0.2, 0.25) is 0 Å². The van der Waals surface area contributed by atoms with Crippen molar-refractivity contribution in [2.24, 2.45) is 0 Å². The van der Waals surface area contributed by atoms with Crippen LogP contribution in [0.5, 0.6) is 0 Å². The number of esters is 1. The number of nitriles is 1. The highest BCUT2D eigenvalue weighted by Gasteiger charge is 2.24. The number of aromatic nitrogens is 1. The van der Waals surface area contributed by atoms with Crippen LogP contribution < -0.4 is 0 Å². The predicted molar refractivity (Wildman–Crippen MR) is 54.6 cm³/mol. The number of ether oxygens (including phenoxy) is 1. The van der Waals surface area contributed by atoms with Crippen LogP contribution in [0.4, 0.5) is 8.78 Å². The van der Waals surface area contributed by atoms with Crippen LogP contribution in [-0.4, -0.2) is 17.6 Å². The molecule has 17 heavy (non-hydrogen) atoms. The van der Waals surface area contributed by atoms with Crippen molar-refractivity contribution in [3.63, 3.8) is 0 Å². The largest absolute Gasteiger partial charge is 0.462 e. The molecule has 0 unspecified atom stereocenters. The second kappa shape index (κ2) is 5.34. The zero-order chi connectivity index (χ0) is 13.0. The third-order valence-corrected chi connectivity index (χ3v) is 2.19. The Bertz CT molecular complexity index is 481. The van der Waals surface area contributed by atoms with Crippen molar-refractivity contribution in [1.29, 1.82) is 5.26 Å². The smallest absolute Gasteiger partial charge is 0.340 e. The average Bonchev–Trinajstić information content (AvgIpc) is 2.28. The predicted octanol–water partition coefficient (Wildman–Crippen LogP) is 2.38.